The van der Waals surface area contributed by atoms with Crippen molar-refractivity contribution in [2.45, 2.75) is 39.3 Å². The number of hydrogen-bond donors (Lipinski definition) is 1. The maximum Gasteiger partial charge on any atom is 0.239 e. The molecule has 1 aliphatic heterocycles. The normalized spacial score (nSPS) is 18.0. The molecular formula is C17H22ClN5O. The van der Waals surface area contributed by atoms with Crippen LogP contribution in [0.4, 0.5) is 5.82 Å². The Kier molecular flexibility index (Phi) is 5.16. The molecule has 7 heteroatoms. The molecule has 0 saturated carbocycles. The van der Waals surface area contributed by atoms with Crippen LogP contribution >= 0.6 is 11.6 Å². The number of aryl methyl sites for hydroxylation is 2. The zero-order valence-electron chi connectivity index (χ0n) is 14.0. The van der Waals surface area contributed by atoms with Crippen molar-refractivity contribution in [3.63, 3.8) is 0 Å². The fourth-order valence-electron chi connectivity index (χ4n) is 3.19. The van der Waals surface area contributed by atoms with Crippen molar-refractivity contribution in [2.24, 2.45) is 0 Å². The van der Waals surface area contributed by atoms with Gasteiger partial charge in [-0.25, -0.2) is 4.98 Å². The number of anilines is 1. The van der Waals surface area contributed by atoms with Gasteiger partial charge in [-0.15, -0.1) is 0 Å². The number of pyridine rings is 1. The van der Waals surface area contributed by atoms with Crippen LogP contribution < -0.4 is 5.32 Å². The molecule has 2 aromatic rings. The first kappa shape index (κ1) is 16.9. The maximum absolute atomic E-state index is 12.3. The third kappa shape index (κ3) is 4.13. The molecule has 1 saturated heterocycles. The molecule has 0 aliphatic carbocycles. The summed E-state index contributed by atoms with van der Waals surface area (Å²) < 4.78 is 2.04. The minimum absolute atomic E-state index is 0.0508. The highest BCUT2D eigenvalue weighted by Gasteiger charge is 2.27. The molecular weight excluding hydrogens is 326 g/mol. The molecule has 0 bridgehead atoms. The Morgan fingerprint density at radius 3 is 2.92 bits per heavy atom. The number of aromatic nitrogens is 3. The SMILES string of the molecule is Cc1cc(C)n(C[C@H]2CCCN2CC(=O)Nc2ccc(Cl)cn2)n1. The Balaban J connectivity index is 1.58. The monoisotopic (exact) mass is 347 g/mol. The second-order valence-corrected chi connectivity index (χ2v) is 6.72. The van der Waals surface area contributed by atoms with Gasteiger partial charge in [0.15, 0.2) is 0 Å². The van der Waals surface area contributed by atoms with Crippen molar-refractivity contribution < 1.29 is 4.79 Å². The smallest absolute Gasteiger partial charge is 0.239 e. The van der Waals surface area contributed by atoms with Crippen LogP contribution in [-0.4, -0.2) is 44.7 Å². The molecule has 1 N–H and O–H groups in total. The van der Waals surface area contributed by atoms with E-state index in [1.807, 2.05) is 11.6 Å². The summed E-state index contributed by atoms with van der Waals surface area (Å²) >= 11 is 5.80. The van der Waals surface area contributed by atoms with Gasteiger partial charge in [-0.2, -0.15) is 5.10 Å². The van der Waals surface area contributed by atoms with Gasteiger partial charge in [-0.1, -0.05) is 11.6 Å². The van der Waals surface area contributed by atoms with Crippen molar-refractivity contribution in [3.05, 3.63) is 40.8 Å². The van der Waals surface area contributed by atoms with E-state index >= 15 is 0 Å². The quantitative estimate of drug-likeness (QED) is 0.903. The van der Waals surface area contributed by atoms with Crippen LogP contribution in [0.5, 0.6) is 0 Å². The van der Waals surface area contributed by atoms with E-state index in [4.69, 9.17) is 11.6 Å². The average molecular weight is 348 g/mol. The van der Waals surface area contributed by atoms with Crippen LogP contribution in [0.1, 0.15) is 24.2 Å². The lowest BCUT2D eigenvalue weighted by atomic mass is 10.2. The number of nitrogens with zero attached hydrogens (tertiary/aromatic N) is 4. The molecule has 3 heterocycles. The molecule has 1 atom stereocenters. The summed E-state index contributed by atoms with van der Waals surface area (Å²) in [6.45, 7) is 6.20. The Labute approximate surface area is 146 Å². The number of rotatable bonds is 5. The third-order valence-electron chi connectivity index (χ3n) is 4.33. The predicted molar refractivity (Wildman–Crippen MR) is 94.2 cm³/mol. The van der Waals surface area contributed by atoms with E-state index in [0.717, 1.165) is 37.3 Å². The molecule has 1 amide bonds. The van der Waals surface area contributed by atoms with Gasteiger partial charge in [0.05, 0.1) is 23.8 Å². The van der Waals surface area contributed by atoms with Crippen molar-refractivity contribution in [1.82, 2.24) is 19.7 Å². The Hall–Kier alpha value is -1.92. The number of amides is 1. The van der Waals surface area contributed by atoms with E-state index in [1.54, 1.807) is 12.1 Å². The van der Waals surface area contributed by atoms with Crippen LogP contribution in [0.15, 0.2) is 24.4 Å². The fraction of sp³-hybridized carbons (Fsp3) is 0.471. The van der Waals surface area contributed by atoms with E-state index in [1.165, 1.54) is 6.20 Å². The van der Waals surface area contributed by atoms with E-state index in [2.05, 4.69) is 33.3 Å². The van der Waals surface area contributed by atoms with Gasteiger partial charge in [0.25, 0.3) is 0 Å². The molecule has 1 aliphatic rings. The highest BCUT2D eigenvalue weighted by molar-refractivity contribution is 6.30. The first-order chi connectivity index (χ1) is 11.5. The summed E-state index contributed by atoms with van der Waals surface area (Å²) in [4.78, 5) is 18.6. The van der Waals surface area contributed by atoms with Gasteiger partial charge in [0, 0.05) is 17.9 Å². The fourth-order valence-corrected chi connectivity index (χ4v) is 3.30. The molecule has 6 nitrogen and oxygen atoms in total. The first-order valence-corrected chi connectivity index (χ1v) is 8.55. The summed E-state index contributed by atoms with van der Waals surface area (Å²) in [6, 6.07) is 5.84. The molecule has 0 radical (unpaired) electrons. The lowest BCUT2D eigenvalue weighted by Crippen LogP contribution is -2.39. The van der Waals surface area contributed by atoms with Crippen molar-refractivity contribution in [1.29, 1.82) is 0 Å². The third-order valence-corrected chi connectivity index (χ3v) is 4.55. The number of halogens is 1. The molecule has 0 spiro atoms. The van der Waals surface area contributed by atoms with Crippen LogP contribution in [0.3, 0.4) is 0 Å². The van der Waals surface area contributed by atoms with E-state index in [0.29, 0.717) is 23.4 Å². The highest BCUT2D eigenvalue weighted by Crippen LogP contribution is 2.19. The van der Waals surface area contributed by atoms with Gasteiger partial charge in [0.2, 0.25) is 5.91 Å². The maximum atomic E-state index is 12.3. The Morgan fingerprint density at radius 2 is 2.25 bits per heavy atom. The number of hydrogen-bond acceptors (Lipinski definition) is 4. The lowest BCUT2D eigenvalue weighted by molar-refractivity contribution is -0.117. The van der Waals surface area contributed by atoms with E-state index in [9.17, 15) is 4.79 Å². The van der Waals surface area contributed by atoms with Gasteiger partial charge in [-0.05, 0) is 51.4 Å². The zero-order chi connectivity index (χ0) is 17.1. The standard InChI is InChI=1S/C17H22ClN5O/c1-12-8-13(2)23(21-12)10-15-4-3-7-22(15)11-17(24)20-16-6-5-14(18)9-19-16/h5-6,8-9,15H,3-4,7,10-11H2,1-2H3,(H,19,20,24)/t15-/m1/s1. The van der Waals surface area contributed by atoms with E-state index < -0.39 is 0 Å². The summed E-state index contributed by atoms with van der Waals surface area (Å²) in [5.74, 6) is 0.476. The summed E-state index contributed by atoms with van der Waals surface area (Å²) in [6.07, 6.45) is 3.72. The molecule has 128 valence electrons. The lowest BCUT2D eigenvalue weighted by Gasteiger charge is -2.24. The minimum atomic E-state index is -0.0508. The highest BCUT2D eigenvalue weighted by atomic mass is 35.5. The number of carbonyl (C=O) groups excluding carboxylic acids is 1. The Bertz CT molecular complexity index is 712. The molecule has 24 heavy (non-hydrogen) atoms. The van der Waals surface area contributed by atoms with Crippen molar-refractivity contribution >= 4 is 23.3 Å². The summed E-state index contributed by atoms with van der Waals surface area (Å²) in [5.41, 5.74) is 2.19. The largest absolute Gasteiger partial charge is 0.310 e. The zero-order valence-corrected chi connectivity index (χ0v) is 14.8. The second-order valence-electron chi connectivity index (χ2n) is 6.29. The first-order valence-electron chi connectivity index (χ1n) is 8.18. The van der Waals surface area contributed by atoms with Gasteiger partial charge in [0.1, 0.15) is 5.82 Å². The number of nitrogens with one attached hydrogen (secondary N) is 1. The van der Waals surface area contributed by atoms with Crippen LogP contribution in [0.2, 0.25) is 5.02 Å². The van der Waals surface area contributed by atoms with Gasteiger partial charge < -0.3 is 5.32 Å². The molecule has 0 aromatic carbocycles. The second kappa shape index (κ2) is 7.32. The summed E-state index contributed by atoms with van der Waals surface area (Å²) in [7, 11) is 0. The van der Waals surface area contributed by atoms with Gasteiger partial charge in [-0.3, -0.25) is 14.4 Å². The molecule has 2 aromatic heterocycles. The minimum Gasteiger partial charge on any atom is -0.310 e. The van der Waals surface area contributed by atoms with Crippen LogP contribution in [0, 0.1) is 13.8 Å². The number of likely N-dealkylation sites (tertiary alicyclic amines) is 1. The number of carbonyl (C=O) groups is 1. The van der Waals surface area contributed by atoms with Crippen molar-refractivity contribution in [2.75, 3.05) is 18.4 Å². The molecule has 0 unspecified atom stereocenters. The topological polar surface area (TPSA) is 63.1 Å². The average Bonchev–Trinajstić information content (AvgIpc) is 3.08. The van der Waals surface area contributed by atoms with Crippen LogP contribution in [0.25, 0.3) is 0 Å². The summed E-state index contributed by atoms with van der Waals surface area (Å²) in [5, 5.41) is 7.91. The van der Waals surface area contributed by atoms with Crippen LogP contribution in [-0.2, 0) is 11.3 Å². The van der Waals surface area contributed by atoms with E-state index in [-0.39, 0.29) is 5.91 Å². The Morgan fingerprint density at radius 1 is 1.42 bits per heavy atom. The molecule has 1 fully saturated rings. The van der Waals surface area contributed by atoms with Crippen molar-refractivity contribution in [3.8, 4) is 0 Å². The molecule has 3 rings (SSSR count). The predicted octanol–water partition coefficient (Wildman–Crippen LogP) is 2.65. The van der Waals surface area contributed by atoms with Gasteiger partial charge >= 0.3 is 0 Å².